The van der Waals surface area contributed by atoms with Gasteiger partial charge in [-0.15, -0.1) is 0 Å². The maximum absolute atomic E-state index is 13.1. The predicted octanol–water partition coefficient (Wildman–Crippen LogP) is 6.20. The van der Waals surface area contributed by atoms with Gasteiger partial charge in [-0.25, -0.2) is 0 Å². The molecule has 0 bridgehead atoms. The lowest BCUT2D eigenvalue weighted by atomic mass is 9.92. The molecule has 12 nitrogen and oxygen atoms in total. The highest BCUT2D eigenvalue weighted by molar-refractivity contribution is 6.31. The van der Waals surface area contributed by atoms with E-state index in [-0.39, 0.29) is 24.5 Å². The van der Waals surface area contributed by atoms with Crippen molar-refractivity contribution in [3.63, 3.8) is 0 Å². The predicted molar refractivity (Wildman–Crippen MR) is 209 cm³/mol. The van der Waals surface area contributed by atoms with Gasteiger partial charge >= 0.3 is 5.97 Å². The first-order valence-corrected chi connectivity index (χ1v) is 18.1. The summed E-state index contributed by atoms with van der Waals surface area (Å²) >= 11 is 6.19. The number of carbonyl (C=O) groups is 4. The lowest BCUT2D eigenvalue weighted by Crippen LogP contribution is -2.30. The zero-order valence-electron chi connectivity index (χ0n) is 30.8. The molecule has 0 unspecified atom stereocenters. The van der Waals surface area contributed by atoms with Crippen LogP contribution in [0.1, 0.15) is 61.5 Å². The number of pyridine rings is 1. The Balaban J connectivity index is 0.000000551. The summed E-state index contributed by atoms with van der Waals surface area (Å²) in [4.78, 5) is 53.5. The van der Waals surface area contributed by atoms with Crippen molar-refractivity contribution in [3.8, 4) is 11.3 Å². The molecule has 0 aliphatic heterocycles. The number of rotatable bonds is 17. The Morgan fingerprint density at radius 3 is 2.11 bits per heavy atom. The van der Waals surface area contributed by atoms with Crippen LogP contribution in [0.2, 0.25) is 5.02 Å². The molecule has 1 heterocycles. The van der Waals surface area contributed by atoms with Gasteiger partial charge < -0.3 is 35.3 Å². The Hall–Kier alpha value is -4.98. The molecule has 0 saturated carbocycles. The van der Waals surface area contributed by atoms with Gasteiger partial charge in [0.15, 0.2) is 0 Å². The lowest BCUT2D eigenvalue weighted by molar-refractivity contribution is -0.138. The van der Waals surface area contributed by atoms with Gasteiger partial charge in [0.25, 0.3) is 11.8 Å². The zero-order chi connectivity index (χ0) is 39.1. The van der Waals surface area contributed by atoms with Gasteiger partial charge in [-0.1, -0.05) is 41.9 Å². The summed E-state index contributed by atoms with van der Waals surface area (Å²) in [6.45, 7) is 2.06. The standard InChI is InChI=1S/C30H32ClN3O8.C10H12.CH5N/c1-34(10-12-41-14-16-42-15-13-40-11-8-28(36)37)30(39)23-4-2-3-22(18-23)29(38)33-26-6-5-24(31)19-25(26)27-17-21(20-35)7-9-32-27;1-2-6-10-8-4-3-7-9(10)5-1;1-2/h2-7,9,17-20H,8,10-16H2,1H3,(H,33,38)(H,36,37);1-2,5-6H,3-4,7-8H2;2H2,1H3. The van der Waals surface area contributed by atoms with Crippen molar-refractivity contribution in [3.05, 3.63) is 118 Å². The number of halogens is 1. The van der Waals surface area contributed by atoms with E-state index in [0.29, 0.717) is 79.0 Å². The Labute approximate surface area is 321 Å². The molecule has 0 radical (unpaired) electrons. The second-order valence-electron chi connectivity index (χ2n) is 12.0. The summed E-state index contributed by atoms with van der Waals surface area (Å²) in [5, 5.41) is 11.8. The number of hydrogen-bond acceptors (Lipinski definition) is 9. The fraction of sp³-hybridized carbons (Fsp3) is 0.341. The number of likely N-dealkylation sites (N-methyl/N-ethyl adjacent to an activating group) is 1. The Morgan fingerprint density at radius 2 is 1.46 bits per heavy atom. The van der Waals surface area contributed by atoms with Crippen molar-refractivity contribution in [2.45, 2.75) is 32.1 Å². The number of ether oxygens (including phenoxy) is 3. The number of amides is 2. The molecule has 4 N–H and O–H groups in total. The van der Waals surface area contributed by atoms with Crippen LogP contribution in [0.3, 0.4) is 0 Å². The first-order chi connectivity index (χ1) is 26.2. The Kier molecular flexibility index (Phi) is 19.6. The molecule has 1 aromatic heterocycles. The quantitative estimate of drug-likeness (QED) is 0.0832. The van der Waals surface area contributed by atoms with Crippen LogP contribution in [0, 0.1) is 0 Å². The number of benzene rings is 3. The van der Waals surface area contributed by atoms with E-state index >= 15 is 0 Å². The molecule has 3 aromatic carbocycles. The van der Waals surface area contributed by atoms with Crippen molar-refractivity contribution >= 4 is 41.4 Å². The second-order valence-corrected chi connectivity index (χ2v) is 12.4. The maximum atomic E-state index is 13.1. The minimum atomic E-state index is -0.910. The zero-order valence-corrected chi connectivity index (χ0v) is 31.6. The van der Waals surface area contributed by atoms with Crippen LogP contribution in [-0.2, 0) is 31.8 Å². The number of nitrogens with two attached hydrogens (primary N) is 1. The number of nitrogens with one attached hydrogen (secondary N) is 1. The van der Waals surface area contributed by atoms with Crippen LogP contribution in [0.5, 0.6) is 0 Å². The highest BCUT2D eigenvalue weighted by Crippen LogP contribution is 2.30. The molecule has 0 fully saturated rings. The fourth-order valence-corrected chi connectivity index (χ4v) is 5.57. The molecule has 2 amide bonds. The number of fused-ring (bicyclic) bond motifs is 1. The first-order valence-electron chi connectivity index (χ1n) is 17.7. The van der Waals surface area contributed by atoms with Gasteiger partial charge in [-0.3, -0.25) is 24.2 Å². The number of carbonyl (C=O) groups excluding carboxylic acids is 3. The third kappa shape index (κ3) is 14.8. The minimum absolute atomic E-state index is 0.0470. The Bertz CT molecular complexity index is 1780. The highest BCUT2D eigenvalue weighted by atomic mass is 35.5. The normalized spacial score (nSPS) is 11.5. The first kappa shape index (κ1) is 43.4. The summed E-state index contributed by atoms with van der Waals surface area (Å²) in [5.74, 6) is -1.62. The van der Waals surface area contributed by atoms with Crippen LogP contribution < -0.4 is 11.1 Å². The molecule has 54 heavy (non-hydrogen) atoms. The van der Waals surface area contributed by atoms with Gasteiger partial charge in [0.2, 0.25) is 0 Å². The minimum Gasteiger partial charge on any atom is -0.481 e. The van der Waals surface area contributed by atoms with Gasteiger partial charge in [0.05, 0.1) is 57.4 Å². The number of aromatic nitrogens is 1. The van der Waals surface area contributed by atoms with Crippen molar-refractivity contribution in [2.24, 2.45) is 5.73 Å². The van der Waals surface area contributed by atoms with Gasteiger partial charge in [-0.2, -0.15) is 0 Å². The molecule has 0 spiro atoms. The summed E-state index contributed by atoms with van der Waals surface area (Å²) in [5.41, 5.74) is 10.2. The van der Waals surface area contributed by atoms with Crippen LogP contribution in [0.15, 0.2) is 85.1 Å². The van der Waals surface area contributed by atoms with Crippen LogP contribution >= 0.6 is 11.6 Å². The molecule has 13 heteroatoms. The molecule has 4 aromatic rings. The van der Waals surface area contributed by atoms with Crippen LogP contribution in [0.4, 0.5) is 5.69 Å². The molecule has 0 atom stereocenters. The number of carboxylic acids is 1. The number of carboxylic acid groups (broad SMARTS) is 1. The SMILES string of the molecule is CN.CN(CCOCCOCCOCCC(=O)O)C(=O)c1cccc(C(=O)Nc2ccc(Cl)cc2-c2cc(C=O)ccn2)c1.c1ccc2c(c1)CCCC2. The summed E-state index contributed by atoms with van der Waals surface area (Å²) in [7, 11) is 3.14. The van der Waals surface area contributed by atoms with E-state index < -0.39 is 11.9 Å². The number of anilines is 1. The van der Waals surface area contributed by atoms with Crippen molar-refractivity contribution < 1.29 is 38.5 Å². The molecule has 288 valence electrons. The maximum Gasteiger partial charge on any atom is 0.305 e. The molecule has 0 saturated heterocycles. The highest BCUT2D eigenvalue weighted by Gasteiger charge is 2.16. The third-order valence-electron chi connectivity index (χ3n) is 8.18. The molecular formula is C41H49ClN4O8. The number of hydrogen-bond donors (Lipinski definition) is 3. The average molecular weight is 761 g/mol. The van der Waals surface area contributed by atoms with Crippen molar-refractivity contribution in [1.82, 2.24) is 9.88 Å². The molecule has 1 aliphatic rings. The van der Waals surface area contributed by atoms with Gasteiger partial charge in [-0.05, 0) is 92.4 Å². The summed E-state index contributed by atoms with van der Waals surface area (Å²) in [6.07, 6.45) is 7.54. The monoisotopic (exact) mass is 760 g/mol. The molecule has 1 aliphatic carbocycles. The third-order valence-corrected chi connectivity index (χ3v) is 8.42. The van der Waals surface area contributed by atoms with Crippen LogP contribution in [0.25, 0.3) is 11.3 Å². The van der Waals surface area contributed by atoms with Crippen LogP contribution in [-0.4, -0.2) is 99.3 Å². The van der Waals surface area contributed by atoms with Gasteiger partial charge in [0, 0.05) is 47.1 Å². The van der Waals surface area contributed by atoms with E-state index in [1.54, 1.807) is 66.7 Å². The topological polar surface area (TPSA) is 170 Å². The van der Waals surface area contributed by atoms with E-state index in [1.165, 1.54) is 49.9 Å². The van der Waals surface area contributed by atoms with Crippen molar-refractivity contribution in [2.75, 3.05) is 65.6 Å². The molecule has 5 rings (SSSR count). The average Bonchev–Trinajstić information content (AvgIpc) is 3.21. The van der Waals surface area contributed by atoms with Crippen molar-refractivity contribution in [1.29, 1.82) is 0 Å². The number of nitrogens with zero attached hydrogens (tertiary/aromatic N) is 2. The van der Waals surface area contributed by atoms with E-state index in [4.69, 9.17) is 30.9 Å². The van der Waals surface area contributed by atoms with E-state index in [2.05, 4.69) is 40.3 Å². The van der Waals surface area contributed by atoms with E-state index in [1.807, 2.05) is 0 Å². The molecular weight excluding hydrogens is 712 g/mol. The van der Waals surface area contributed by atoms with E-state index in [0.717, 1.165) is 0 Å². The Morgan fingerprint density at radius 1 is 0.833 bits per heavy atom. The number of aldehydes is 1. The summed E-state index contributed by atoms with van der Waals surface area (Å²) in [6, 6.07) is 23.3. The van der Waals surface area contributed by atoms with Gasteiger partial charge in [0.1, 0.15) is 6.29 Å². The number of aliphatic carboxylic acids is 1. The largest absolute Gasteiger partial charge is 0.481 e. The second kappa shape index (κ2) is 24.4. The van der Waals surface area contributed by atoms with E-state index in [9.17, 15) is 19.2 Å². The summed E-state index contributed by atoms with van der Waals surface area (Å²) < 4.78 is 16.0. The number of aryl methyl sites for hydroxylation is 2. The lowest BCUT2D eigenvalue weighted by Gasteiger charge is -2.18. The fourth-order valence-electron chi connectivity index (χ4n) is 5.39. The smallest absolute Gasteiger partial charge is 0.305 e.